The van der Waals surface area contributed by atoms with Crippen LogP contribution in [-0.2, 0) is 16.1 Å². The Labute approximate surface area is 115 Å². The van der Waals surface area contributed by atoms with Crippen molar-refractivity contribution in [3.05, 3.63) is 30.1 Å². The van der Waals surface area contributed by atoms with Crippen LogP contribution in [0.25, 0.3) is 0 Å². The monoisotopic (exact) mass is 264 g/mol. The maximum Gasteiger partial charge on any atom is 0.323 e. The van der Waals surface area contributed by atoms with Gasteiger partial charge in [0.05, 0.1) is 12.3 Å². The zero-order valence-corrected chi connectivity index (χ0v) is 12.1. The van der Waals surface area contributed by atoms with Crippen LogP contribution in [0, 0.1) is 0 Å². The molecule has 1 heterocycles. The zero-order chi connectivity index (χ0) is 14.1. The second-order valence-corrected chi connectivity index (χ2v) is 4.44. The molecule has 0 amide bonds. The van der Waals surface area contributed by atoms with E-state index in [4.69, 9.17) is 4.74 Å². The number of ether oxygens (including phenoxy) is 1. The molecule has 0 spiro atoms. The minimum absolute atomic E-state index is 0.123. The highest BCUT2D eigenvalue weighted by Gasteiger charge is 2.25. The van der Waals surface area contributed by atoms with Gasteiger partial charge < -0.3 is 4.74 Å². The first kappa shape index (κ1) is 15.6. The molecule has 1 atom stereocenters. The number of hydrogen-bond acceptors (Lipinski definition) is 4. The molecule has 0 N–H and O–H groups in total. The van der Waals surface area contributed by atoms with Crippen molar-refractivity contribution in [2.45, 2.75) is 46.2 Å². The molecule has 0 fully saturated rings. The third-order valence-electron chi connectivity index (χ3n) is 3.06. The van der Waals surface area contributed by atoms with Crippen LogP contribution in [0.2, 0.25) is 0 Å². The van der Waals surface area contributed by atoms with Crippen molar-refractivity contribution in [2.75, 3.05) is 13.2 Å². The van der Waals surface area contributed by atoms with Gasteiger partial charge in [0, 0.05) is 12.7 Å². The lowest BCUT2D eigenvalue weighted by Crippen LogP contribution is -2.41. The molecule has 0 aliphatic rings. The summed E-state index contributed by atoms with van der Waals surface area (Å²) >= 11 is 0. The van der Waals surface area contributed by atoms with Crippen molar-refractivity contribution in [1.29, 1.82) is 0 Å². The highest BCUT2D eigenvalue weighted by atomic mass is 16.5. The second kappa shape index (κ2) is 8.64. The van der Waals surface area contributed by atoms with Gasteiger partial charge in [-0.3, -0.25) is 14.7 Å². The van der Waals surface area contributed by atoms with E-state index in [0.717, 1.165) is 25.1 Å². The highest BCUT2D eigenvalue weighted by Crippen LogP contribution is 2.12. The van der Waals surface area contributed by atoms with Crippen molar-refractivity contribution >= 4 is 5.97 Å². The van der Waals surface area contributed by atoms with E-state index in [1.807, 2.05) is 25.1 Å². The van der Waals surface area contributed by atoms with Gasteiger partial charge in [-0.2, -0.15) is 0 Å². The average molecular weight is 264 g/mol. The lowest BCUT2D eigenvalue weighted by molar-refractivity contribution is -0.150. The van der Waals surface area contributed by atoms with E-state index in [1.165, 1.54) is 0 Å². The summed E-state index contributed by atoms with van der Waals surface area (Å²) in [5, 5.41) is 0. The lowest BCUT2D eigenvalue weighted by Gasteiger charge is -2.28. The number of nitrogens with zero attached hydrogens (tertiary/aromatic N) is 2. The molecule has 0 saturated heterocycles. The van der Waals surface area contributed by atoms with Crippen LogP contribution in [-0.4, -0.2) is 35.0 Å². The molecular weight excluding hydrogens is 240 g/mol. The molecule has 106 valence electrons. The highest BCUT2D eigenvalue weighted by molar-refractivity contribution is 5.75. The number of rotatable bonds is 8. The van der Waals surface area contributed by atoms with E-state index < -0.39 is 0 Å². The SMILES string of the molecule is CCCC(C(=O)OCC)N(CC)Cc1ccccn1. The van der Waals surface area contributed by atoms with Crippen LogP contribution in [0.5, 0.6) is 0 Å². The van der Waals surface area contributed by atoms with Crippen LogP contribution in [0.1, 0.15) is 39.3 Å². The molecule has 1 rings (SSSR count). The van der Waals surface area contributed by atoms with Gasteiger partial charge in [0.25, 0.3) is 0 Å². The quantitative estimate of drug-likeness (QED) is 0.677. The summed E-state index contributed by atoms with van der Waals surface area (Å²) in [4.78, 5) is 18.5. The van der Waals surface area contributed by atoms with Gasteiger partial charge in [0.1, 0.15) is 6.04 Å². The second-order valence-electron chi connectivity index (χ2n) is 4.44. The molecule has 19 heavy (non-hydrogen) atoms. The predicted octanol–water partition coefficient (Wildman–Crippen LogP) is 2.64. The summed E-state index contributed by atoms with van der Waals surface area (Å²) < 4.78 is 5.18. The Kier molecular flexibility index (Phi) is 7.11. The van der Waals surface area contributed by atoms with E-state index in [1.54, 1.807) is 6.20 Å². The van der Waals surface area contributed by atoms with Crippen molar-refractivity contribution in [1.82, 2.24) is 9.88 Å². The van der Waals surface area contributed by atoms with Gasteiger partial charge in [-0.25, -0.2) is 0 Å². The normalized spacial score (nSPS) is 12.4. The van der Waals surface area contributed by atoms with Crippen LogP contribution in [0.3, 0.4) is 0 Å². The third-order valence-corrected chi connectivity index (χ3v) is 3.06. The van der Waals surface area contributed by atoms with Gasteiger partial charge in [0.2, 0.25) is 0 Å². The van der Waals surface area contributed by atoms with Crippen LogP contribution >= 0.6 is 0 Å². The molecule has 0 saturated carbocycles. The van der Waals surface area contributed by atoms with Crippen molar-refractivity contribution in [2.24, 2.45) is 0 Å². The number of likely N-dealkylation sites (N-methyl/N-ethyl adjacent to an activating group) is 1. The van der Waals surface area contributed by atoms with Crippen LogP contribution in [0.4, 0.5) is 0 Å². The van der Waals surface area contributed by atoms with E-state index >= 15 is 0 Å². The molecule has 0 radical (unpaired) electrons. The Balaban J connectivity index is 2.75. The maximum absolute atomic E-state index is 12.0. The molecule has 0 aromatic carbocycles. The molecule has 0 aliphatic heterocycles. The first-order valence-electron chi connectivity index (χ1n) is 7.03. The lowest BCUT2D eigenvalue weighted by atomic mass is 10.1. The first-order chi connectivity index (χ1) is 9.22. The standard InChI is InChI=1S/C15H24N2O2/c1-4-9-14(15(18)19-6-3)17(5-2)12-13-10-7-8-11-16-13/h7-8,10-11,14H,4-6,9,12H2,1-3H3. The summed E-state index contributed by atoms with van der Waals surface area (Å²) in [7, 11) is 0. The van der Waals surface area contributed by atoms with E-state index in [0.29, 0.717) is 13.2 Å². The number of hydrogen-bond donors (Lipinski definition) is 0. The average Bonchev–Trinajstić information content (AvgIpc) is 2.44. The number of carbonyl (C=O) groups is 1. The summed E-state index contributed by atoms with van der Waals surface area (Å²) in [6.45, 7) is 7.91. The van der Waals surface area contributed by atoms with Crippen LogP contribution < -0.4 is 0 Å². The van der Waals surface area contributed by atoms with E-state index in [2.05, 4.69) is 23.7 Å². The number of carbonyl (C=O) groups excluding carboxylic acids is 1. The minimum Gasteiger partial charge on any atom is -0.465 e. The summed E-state index contributed by atoms with van der Waals surface area (Å²) in [5.41, 5.74) is 0.981. The molecule has 0 aliphatic carbocycles. The van der Waals surface area contributed by atoms with Gasteiger partial charge in [-0.1, -0.05) is 26.3 Å². The Morgan fingerprint density at radius 2 is 2.16 bits per heavy atom. The predicted molar refractivity (Wildman–Crippen MR) is 75.7 cm³/mol. The third kappa shape index (κ3) is 4.99. The number of esters is 1. The van der Waals surface area contributed by atoms with Gasteiger partial charge in [-0.15, -0.1) is 0 Å². The summed E-state index contributed by atoms with van der Waals surface area (Å²) in [5.74, 6) is -0.123. The molecule has 0 bridgehead atoms. The Hall–Kier alpha value is -1.42. The molecular formula is C15H24N2O2. The Bertz CT molecular complexity index is 368. The maximum atomic E-state index is 12.0. The van der Waals surface area contributed by atoms with Crippen molar-refractivity contribution in [3.63, 3.8) is 0 Å². The Morgan fingerprint density at radius 3 is 2.68 bits per heavy atom. The van der Waals surface area contributed by atoms with Crippen molar-refractivity contribution in [3.8, 4) is 0 Å². The fourth-order valence-corrected chi connectivity index (χ4v) is 2.10. The van der Waals surface area contributed by atoms with E-state index in [-0.39, 0.29) is 12.0 Å². The topological polar surface area (TPSA) is 42.4 Å². The minimum atomic E-state index is -0.169. The number of aromatic nitrogens is 1. The van der Waals surface area contributed by atoms with E-state index in [9.17, 15) is 4.79 Å². The zero-order valence-electron chi connectivity index (χ0n) is 12.1. The first-order valence-corrected chi connectivity index (χ1v) is 7.03. The number of pyridine rings is 1. The molecule has 4 heteroatoms. The summed E-state index contributed by atoms with van der Waals surface area (Å²) in [6, 6.07) is 5.68. The van der Waals surface area contributed by atoms with Gasteiger partial charge >= 0.3 is 5.97 Å². The summed E-state index contributed by atoms with van der Waals surface area (Å²) in [6.07, 6.45) is 3.56. The van der Waals surface area contributed by atoms with Crippen molar-refractivity contribution < 1.29 is 9.53 Å². The Morgan fingerprint density at radius 1 is 1.37 bits per heavy atom. The molecule has 1 aromatic heterocycles. The fourth-order valence-electron chi connectivity index (χ4n) is 2.10. The molecule has 1 unspecified atom stereocenters. The van der Waals surface area contributed by atoms with Gasteiger partial charge in [0.15, 0.2) is 0 Å². The van der Waals surface area contributed by atoms with Gasteiger partial charge in [-0.05, 0) is 32.0 Å². The largest absolute Gasteiger partial charge is 0.465 e. The van der Waals surface area contributed by atoms with Crippen LogP contribution in [0.15, 0.2) is 24.4 Å². The fraction of sp³-hybridized carbons (Fsp3) is 0.600. The molecule has 4 nitrogen and oxygen atoms in total. The smallest absolute Gasteiger partial charge is 0.323 e. The molecule has 1 aromatic rings.